The molecule has 3 fully saturated rings. The molecule has 86 valence electrons. The highest BCUT2D eigenvalue weighted by molar-refractivity contribution is 5.16. The zero-order chi connectivity index (χ0) is 10.9. The number of rotatable bonds is 0. The summed E-state index contributed by atoms with van der Waals surface area (Å²) in [6.07, 6.45) is 9.11. The molecule has 0 heterocycles. The third-order valence-corrected chi connectivity index (χ3v) is 6.31. The summed E-state index contributed by atoms with van der Waals surface area (Å²) in [5, 5.41) is 0. The maximum absolute atomic E-state index is 2.61. The maximum Gasteiger partial charge on any atom is -0.0207 e. The fourth-order valence-corrected chi connectivity index (χ4v) is 6.12. The maximum atomic E-state index is 2.61. The summed E-state index contributed by atoms with van der Waals surface area (Å²) in [6, 6.07) is 0. The van der Waals surface area contributed by atoms with Crippen molar-refractivity contribution in [2.45, 2.75) is 66.2 Å². The molecule has 0 nitrogen and oxygen atoms in total. The Bertz CT molecular complexity index is 290. The summed E-state index contributed by atoms with van der Waals surface area (Å²) in [7, 11) is 0. The van der Waals surface area contributed by atoms with E-state index in [1.165, 1.54) is 32.1 Å². The Hall–Kier alpha value is 0. The molecule has 0 bridgehead atoms. The summed E-state index contributed by atoms with van der Waals surface area (Å²) in [5.41, 5.74) is 2.08. The first-order valence-electron chi connectivity index (χ1n) is 6.89. The van der Waals surface area contributed by atoms with E-state index in [0.717, 1.165) is 17.3 Å². The van der Waals surface area contributed by atoms with Crippen molar-refractivity contribution < 1.29 is 0 Å². The molecule has 3 rings (SSSR count). The van der Waals surface area contributed by atoms with Crippen molar-refractivity contribution in [1.29, 1.82) is 0 Å². The Morgan fingerprint density at radius 1 is 0.933 bits per heavy atom. The molecule has 0 N–H and O–H groups in total. The molecular formula is C15H26. The van der Waals surface area contributed by atoms with E-state index >= 15 is 0 Å². The second kappa shape index (κ2) is 2.63. The van der Waals surface area contributed by atoms with E-state index in [1.54, 1.807) is 6.42 Å². The first-order chi connectivity index (χ1) is 6.89. The van der Waals surface area contributed by atoms with Gasteiger partial charge in [0.25, 0.3) is 0 Å². The van der Waals surface area contributed by atoms with Crippen LogP contribution in [0.4, 0.5) is 0 Å². The SMILES string of the molecule is CC1CCC23CC(C)(C)CC2(C)CCC13. The normalized spacial score (nSPS) is 56.8. The van der Waals surface area contributed by atoms with Gasteiger partial charge in [0.15, 0.2) is 0 Å². The highest BCUT2D eigenvalue weighted by Crippen LogP contribution is 2.75. The molecule has 0 aromatic rings. The van der Waals surface area contributed by atoms with Crippen molar-refractivity contribution in [3.05, 3.63) is 0 Å². The predicted octanol–water partition coefficient (Wildman–Crippen LogP) is 4.64. The van der Waals surface area contributed by atoms with Crippen molar-refractivity contribution in [2.24, 2.45) is 28.1 Å². The Labute approximate surface area is 94.8 Å². The molecule has 3 saturated carbocycles. The second-order valence-electron chi connectivity index (χ2n) is 7.90. The smallest absolute Gasteiger partial charge is 0.0207 e. The van der Waals surface area contributed by atoms with Gasteiger partial charge in [-0.25, -0.2) is 0 Å². The Morgan fingerprint density at radius 2 is 1.67 bits per heavy atom. The van der Waals surface area contributed by atoms with Crippen molar-refractivity contribution in [2.75, 3.05) is 0 Å². The Balaban J connectivity index is 2.03. The van der Waals surface area contributed by atoms with E-state index in [0.29, 0.717) is 10.8 Å². The van der Waals surface area contributed by atoms with Gasteiger partial charge in [0.1, 0.15) is 0 Å². The van der Waals surface area contributed by atoms with Gasteiger partial charge in [0.2, 0.25) is 0 Å². The minimum absolute atomic E-state index is 0.622. The van der Waals surface area contributed by atoms with Gasteiger partial charge in [-0.05, 0) is 66.6 Å². The van der Waals surface area contributed by atoms with Crippen LogP contribution in [0.25, 0.3) is 0 Å². The van der Waals surface area contributed by atoms with Crippen LogP contribution < -0.4 is 0 Å². The molecule has 0 amide bonds. The standard InChI is InChI=1S/C15H26/c1-11-5-8-15-10-13(2,3)9-14(15,4)7-6-12(11)15/h11-12H,5-10H2,1-4H3. The van der Waals surface area contributed by atoms with Crippen LogP contribution in [0.5, 0.6) is 0 Å². The molecule has 3 aliphatic rings. The largest absolute Gasteiger partial charge is 0.0622 e. The van der Waals surface area contributed by atoms with Gasteiger partial charge in [-0.3, -0.25) is 0 Å². The van der Waals surface area contributed by atoms with Crippen LogP contribution in [0.1, 0.15) is 66.2 Å². The van der Waals surface area contributed by atoms with Gasteiger partial charge >= 0.3 is 0 Å². The minimum atomic E-state index is 0.622. The average molecular weight is 206 g/mol. The summed E-state index contributed by atoms with van der Waals surface area (Å²) in [6.45, 7) is 10.1. The zero-order valence-corrected chi connectivity index (χ0v) is 10.9. The van der Waals surface area contributed by atoms with Crippen molar-refractivity contribution in [3.63, 3.8) is 0 Å². The molecule has 0 aromatic heterocycles. The van der Waals surface area contributed by atoms with E-state index in [2.05, 4.69) is 27.7 Å². The van der Waals surface area contributed by atoms with Gasteiger partial charge in [-0.1, -0.05) is 27.7 Å². The highest BCUT2D eigenvalue weighted by atomic mass is 14.7. The molecule has 0 heteroatoms. The molecular weight excluding hydrogens is 180 g/mol. The molecule has 15 heavy (non-hydrogen) atoms. The molecule has 1 spiro atoms. The van der Waals surface area contributed by atoms with Crippen LogP contribution in [-0.2, 0) is 0 Å². The molecule has 0 radical (unpaired) electrons. The summed E-state index contributed by atoms with van der Waals surface area (Å²) in [4.78, 5) is 0. The van der Waals surface area contributed by atoms with Crippen LogP contribution in [0.2, 0.25) is 0 Å². The monoisotopic (exact) mass is 206 g/mol. The lowest BCUT2D eigenvalue weighted by molar-refractivity contribution is 0.0988. The lowest BCUT2D eigenvalue weighted by Crippen LogP contribution is -2.32. The molecule has 0 saturated heterocycles. The fourth-order valence-electron chi connectivity index (χ4n) is 6.12. The van der Waals surface area contributed by atoms with Gasteiger partial charge in [-0.15, -0.1) is 0 Å². The van der Waals surface area contributed by atoms with Gasteiger partial charge in [0, 0.05) is 0 Å². The first kappa shape index (κ1) is 10.2. The third kappa shape index (κ3) is 1.09. The van der Waals surface area contributed by atoms with Gasteiger partial charge in [-0.2, -0.15) is 0 Å². The predicted molar refractivity (Wildman–Crippen MR) is 64.7 cm³/mol. The molecule has 0 aromatic carbocycles. The first-order valence-corrected chi connectivity index (χ1v) is 6.89. The van der Waals surface area contributed by atoms with E-state index < -0.39 is 0 Å². The van der Waals surface area contributed by atoms with E-state index in [4.69, 9.17) is 0 Å². The summed E-state index contributed by atoms with van der Waals surface area (Å²) >= 11 is 0. The van der Waals surface area contributed by atoms with E-state index in [-0.39, 0.29) is 0 Å². The van der Waals surface area contributed by atoms with Crippen LogP contribution in [0, 0.1) is 28.1 Å². The van der Waals surface area contributed by atoms with E-state index in [9.17, 15) is 0 Å². The molecule has 4 unspecified atom stereocenters. The fraction of sp³-hybridized carbons (Fsp3) is 1.00. The zero-order valence-electron chi connectivity index (χ0n) is 10.9. The summed E-state index contributed by atoms with van der Waals surface area (Å²) in [5.74, 6) is 2.09. The average Bonchev–Trinajstić information content (AvgIpc) is 2.57. The van der Waals surface area contributed by atoms with Crippen LogP contribution in [0.3, 0.4) is 0 Å². The van der Waals surface area contributed by atoms with Crippen molar-refractivity contribution in [3.8, 4) is 0 Å². The van der Waals surface area contributed by atoms with Gasteiger partial charge in [0.05, 0.1) is 0 Å². The topological polar surface area (TPSA) is 0 Å². The number of hydrogen-bond donors (Lipinski definition) is 0. The van der Waals surface area contributed by atoms with Gasteiger partial charge < -0.3 is 0 Å². The molecule has 0 aliphatic heterocycles. The minimum Gasteiger partial charge on any atom is -0.0622 e. The quantitative estimate of drug-likeness (QED) is 0.541. The lowest BCUT2D eigenvalue weighted by atomic mass is 9.66. The Kier molecular flexibility index (Phi) is 1.78. The molecule has 4 atom stereocenters. The number of hydrogen-bond acceptors (Lipinski definition) is 0. The van der Waals surface area contributed by atoms with E-state index in [1.807, 2.05) is 0 Å². The van der Waals surface area contributed by atoms with Crippen molar-refractivity contribution >= 4 is 0 Å². The highest BCUT2D eigenvalue weighted by Gasteiger charge is 2.66. The van der Waals surface area contributed by atoms with Crippen LogP contribution >= 0.6 is 0 Å². The third-order valence-electron chi connectivity index (χ3n) is 6.31. The van der Waals surface area contributed by atoms with Crippen LogP contribution in [0.15, 0.2) is 0 Å². The Morgan fingerprint density at radius 3 is 2.40 bits per heavy atom. The second-order valence-corrected chi connectivity index (χ2v) is 7.90. The molecule has 3 aliphatic carbocycles. The summed E-state index contributed by atoms with van der Waals surface area (Å²) < 4.78 is 0. The lowest BCUT2D eigenvalue weighted by Gasteiger charge is -2.38. The van der Waals surface area contributed by atoms with Crippen LogP contribution in [-0.4, -0.2) is 0 Å². The van der Waals surface area contributed by atoms with Crippen molar-refractivity contribution in [1.82, 2.24) is 0 Å².